The van der Waals surface area contributed by atoms with E-state index in [1.807, 2.05) is 0 Å². The van der Waals surface area contributed by atoms with Gasteiger partial charge in [0, 0.05) is 6.17 Å². The molecule has 0 aliphatic carbocycles. The van der Waals surface area contributed by atoms with Gasteiger partial charge in [-0.05, 0) is 25.9 Å². The van der Waals surface area contributed by atoms with Crippen LogP contribution in [0.3, 0.4) is 0 Å². The van der Waals surface area contributed by atoms with E-state index in [9.17, 15) is 0 Å². The minimum absolute atomic E-state index is 1.13. The predicted molar refractivity (Wildman–Crippen MR) is 62.0 cm³/mol. The van der Waals surface area contributed by atoms with Gasteiger partial charge in [0.1, 0.15) is 8.07 Å². The smallest absolute Gasteiger partial charge is 0.138 e. The third-order valence-electron chi connectivity index (χ3n) is 2.84. The minimum Gasteiger partial charge on any atom is -0.305 e. The molecule has 0 amide bonds. The van der Waals surface area contributed by atoms with Gasteiger partial charge in [-0.1, -0.05) is 17.1 Å². The van der Waals surface area contributed by atoms with Crippen LogP contribution in [0.5, 0.6) is 0 Å². The molecular weight excluding hydrogens is 174 g/mol. The Balaban J connectivity index is 2.59. The molecule has 72 valence electrons. The second-order valence-electron chi connectivity index (χ2n) is 3.71. The Morgan fingerprint density at radius 3 is 1.85 bits per heavy atom. The molecule has 1 aliphatic rings. The van der Waals surface area contributed by atoms with Crippen LogP contribution in [0.2, 0.25) is 0 Å². The van der Waals surface area contributed by atoms with Gasteiger partial charge in [0.15, 0.2) is 0 Å². The maximum absolute atomic E-state index is 3.91. The van der Waals surface area contributed by atoms with Crippen molar-refractivity contribution in [2.75, 3.05) is 19.3 Å². The average Bonchev–Trinajstić information content (AvgIpc) is 2.67. The summed E-state index contributed by atoms with van der Waals surface area (Å²) < 4.78 is 0. The van der Waals surface area contributed by atoms with Crippen LogP contribution in [0.4, 0.5) is 0 Å². The molecule has 0 atom stereocenters. The third kappa shape index (κ3) is 2.42. The summed E-state index contributed by atoms with van der Waals surface area (Å²) in [5.74, 6) is 0. The average molecular weight is 193 g/mol. The van der Waals surface area contributed by atoms with E-state index in [1.165, 1.54) is 25.9 Å². The number of likely N-dealkylation sites (tertiary alicyclic amines) is 1. The highest BCUT2D eigenvalue weighted by Crippen LogP contribution is 2.14. The van der Waals surface area contributed by atoms with Crippen LogP contribution in [0.25, 0.3) is 0 Å². The van der Waals surface area contributed by atoms with Gasteiger partial charge in [0.05, 0.1) is 0 Å². The van der Waals surface area contributed by atoms with E-state index in [0.717, 1.165) is 6.17 Å². The van der Waals surface area contributed by atoms with Gasteiger partial charge in [-0.25, -0.2) is 0 Å². The van der Waals surface area contributed by atoms with Crippen molar-refractivity contribution in [3.05, 3.63) is 36.8 Å². The van der Waals surface area contributed by atoms with Crippen LogP contribution in [0, 0.1) is 0 Å². The van der Waals surface area contributed by atoms with Crippen molar-refractivity contribution in [3.8, 4) is 0 Å². The largest absolute Gasteiger partial charge is 0.305 e. The first-order chi connectivity index (χ1) is 6.26. The van der Waals surface area contributed by atoms with Gasteiger partial charge >= 0.3 is 0 Å². The Labute approximate surface area is 82.5 Å². The molecule has 0 aromatic heterocycles. The molecule has 0 bridgehead atoms. The van der Waals surface area contributed by atoms with Gasteiger partial charge in [0.25, 0.3) is 0 Å². The fourth-order valence-corrected chi connectivity index (χ4v) is 3.75. The second-order valence-corrected chi connectivity index (χ2v) is 7.47. The zero-order valence-corrected chi connectivity index (χ0v) is 9.34. The van der Waals surface area contributed by atoms with Crippen molar-refractivity contribution in [1.82, 2.24) is 4.90 Å². The summed E-state index contributed by atoms with van der Waals surface area (Å²) in [4.78, 5) is 2.51. The second kappa shape index (κ2) is 4.58. The molecule has 1 heterocycles. The molecule has 0 spiro atoms. The van der Waals surface area contributed by atoms with Crippen molar-refractivity contribution in [1.29, 1.82) is 0 Å². The van der Waals surface area contributed by atoms with E-state index < -0.39 is 8.07 Å². The van der Waals surface area contributed by atoms with E-state index in [4.69, 9.17) is 0 Å². The maximum atomic E-state index is 3.91. The van der Waals surface area contributed by atoms with E-state index >= 15 is 0 Å². The van der Waals surface area contributed by atoms with Crippen LogP contribution in [0.1, 0.15) is 12.8 Å². The summed E-state index contributed by atoms with van der Waals surface area (Å²) in [6.07, 6.45) is 3.81. The van der Waals surface area contributed by atoms with Crippen LogP contribution < -0.4 is 0 Å². The molecule has 0 unspecified atom stereocenters. The summed E-state index contributed by atoms with van der Waals surface area (Å²) in [7, 11) is -1.56. The minimum atomic E-state index is -1.56. The van der Waals surface area contributed by atoms with Gasteiger partial charge in [-0.2, -0.15) is 0 Å². The van der Waals surface area contributed by atoms with Crippen molar-refractivity contribution >= 4 is 8.07 Å². The highest BCUT2D eigenvalue weighted by atomic mass is 28.3. The standard InChI is InChI=1S/C11H19NSi/c1-4-13(5-2,6-3)11-12-9-7-8-10-12/h4-6H,1-3,7-11H2. The van der Waals surface area contributed by atoms with Crippen molar-refractivity contribution in [2.45, 2.75) is 12.8 Å². The molecule has 1 rings (SSSR count). The Kier molecular flexibility index (Phi) is 3.69. The Morgan fingerprint density at radius 2 is 1.46 bits per heavy atom. The lowest BCUT2D eigenvalue weighted by molar-refractivity contribution is 0.391. The first kappa shape index (κ1) is 10.5. The monoisotopic (exact) mass is 193 g/mol. The molecule has 0 saturated carbocycles. The van der Waals surface area contributed by atoms with Crippen LogP contribution in [0.15, 0.2) is 36.8 Å². The van der Waals surface area contributed by atoms with Gasteiger partial charge in [0.2, 0.25) is 0 Å². The normalized spacial score (nSPS) is 18.5. The van der Waals surface area contributed by atoms with Gasteiger partial charge < -0.3 is 4.90 Å². The van der Waals surface area contributed by atoms with Crippen molar-refractivity contribution in [3.63, 3.8) is 0 Å². The zero-order chi connectivity index (χ0) is 9.73. The topological polar surface area (TPSA) is 3.24 Å². The number of hydrogen-bond donors (Lipinski definition) is 0. The lowest BCUT2D eigenvalue weighted by Crippen LogP contribution is -2.42. The third-order valence-corrected chi connectivity index (χ3v) is 6.11. The van der Waals surface area contributed by atoms with Gasteiger partial charge in [-0.15, -0.1) is 19.7 Å². The van der Waals surface area contributed by atoms with Crippen LogP contribution in [-0.4, -0.2) is 32.2 Å². The molecule has 1 fully saturated rings. The molecule has 0 N–H and O–H groups in total. The molecule has 0 radical (unpaired) electrons. The number of rotatable bonds is 5. The summed E-state index contributed by atoms with van der Waals surface area (Å²) in [5.41, 5.74) is 6.22. The highest BCUT2D eigenvalue weighted by Gasteiger charge is 2.26. The molecule has 1 aliphatic heterocycles. The van der Waals surface area contributed by atoms with Crippen molar-refractivity contribution in [2.24, 2.45) is 0 Å². The molecule has 1 saturated heterocycles. The Bertz CT molecular complexity index is 182. The fourth-order valence-electron chi connectivity index (χ4n) is 1.77. The first-order valence-electron chi connectivity index (χ1n) is 4.89. The SMILES string of the molecule is C=C[Si](C=C)(C=C)CN1CCCC1. The first-order valence-corrected chi connectivity index (χ1v) is 7.33. The Hall–Kier alpha value is -0.603. The zero-order valence-electron chi connectivity index (χ0n) is 8.34. The lowest BCUT2D eigenvalue weighted by atomic mass is 10.4. The molecule has 2 heteroatoms. The van der Waals surface area contributed by atoms with E-state index in [-0.39, 0.29) is 0 Å². The number of nitrogens with zero attached hydrogens (tertiary/aromatic N) is 1. The van der Waals surface area contributed by atoms with Crippen LogP contribution >= 0.6 is 0 Å². The van der Waals surface area contributed by atoms with Gasteiger partial charge in [-0.3, -0.25) is 0 Å². The number of hydrogen-bond acceptors (Lipinski definition) is 1. The van der Waals surface area contributed by atoms with E-state index in [2.05, 4.69) is 41.7 Å². The lowest BCUT2D eigenvalue weighted by Gasteiger charge is -2.26. The Morgan fingerprint density at radius 1 is 1.00 bits per heavy atom. The predicted octanol–water partition coefficient (Wildman–Crippen LogP) is 2.25. The van der Waals surface area contributed by atoms with E-state index in [1.54, 1.807) is 0 Å². The van der Waals surface area contributed by atoms with Crippen LogP contribution in [-0.2, 0) is 0 Å². The summed E-state index contributed by atoms with van der Waals surface area (Å²) in [6, 6.07) is 0. The molecular formula is C11H19NSi. The summed E-state index contributed by atoms with van der Waals surface area (Å²) >= 11 is 0. The summed E-state index contributed by atoms with van der Waals surface area (Å²) in [5, 5.41) is 0. The molecule has 1 nitrogen and oxygen atoms in total. The molecule has 0 aromatic carbocycles. The van der Waals surface area contributed by atoms with Crippen molar-refractivity contribution < 1.29 is 0 Å². The molecule has 0 aromatic rings. The fraction of sp³-hybridized carbons (Fsp3) is 0.455. The van der Waals surface area contributed by atoms with E-state index in [0.29, 0.717) is 0 Å². The maximum Gasteiger partial charge on any atom is 0.138 e. The quantitative estimate of drug-likeness (QED) is 0.605. The molecule has 13 heavy (non-hydrogen) atoms. The summed E-state index contributed by atoms with van der Waals surface area (Å²) in [6.45, 7) is 14.2. The highest BCUT2D eigenvalue weighted by molar-refractivity contribution is 6.93.